The molecule has 1 rings (SSSR count). The van der Waals surface area contributed by atoms with Gasteiger partial charge in [0.15, 0.2) is 0 Å². The molecule has 1 aliphatic rings. The van der Waals surface area contributed by atoms with Crippen LogP contribution in [0.5, 0.6) is 0 Å². The molecular formula is C11H17N3O5. The van der Waals surface area contributed by atoms with E-state index in [1.807, 2.05) is 0 Å². The van der Waals surface area contributed by atoms with E-state index in [-0.39, 0.29) is 25.2 Å². The lowest BCUT2D eigenvalue weighted by Gasteiger charge is -2.17. The fraction of sp³-hybridized carbons (Fsp3) is 0.636. The zero-order chi connectivity index (χ0) is 14.4. The Labute approximate surface area is 110 Å². The summed E-state index contributed by atoms with van der Waals surface area (Å²) in [5.41, 5.74) is 5.15. The number of nitrogens with two attached hydrogens (primary N) is 1. The van der Waals surface area contributed by atoms with Gasteiger partial charge in [-0.2, -0.15) is 0 Å². The molecule has 0 aromatic heterocycles. The molecule has 0 aliphatic carbocycles. The first-order valence-corrected chi connectivity index (χ1v) is 5.90. The molecule has 1 heterocycles. The van der Waals surface area contributed by atoms with Crippen LogP contribution in [0.15, 0.2) is 0 Å². The average molecular weight is 271 g/mol. The number of nitrogens with one attached hydrogen (secondary N) is 2. The van der Waals surface area contributed by atoms with Crippen LogP contribution in [-0.2, 0) is 23.9 Å². The van der Waals surface area contributed by atoms with E-state index in [4.69, 9.17) is 5.73 Å². The first-order chi connectivity index (χ1) is 8.93. The van der Waals surface area contributed by atoms with Gasteiger partial charge in [0.1, 0.15) is 12.1 Å². The van der Waals surface area contributed by atoms with E-state index in [1.165, 1.54) is 7.11 Å². The molecule has 1 aliphatic heterocycles. The van der Waals surface area contributed by atoms with Gasteiger partial charge in [0, 0.05) is 12.8 Å². The third-order valence-corrected chi connectivity index (χ3v) is 2.84. The van der Waals surface area contributed by atoms with Gasteiger partial charge in [0.2, 0.25) is 17.7 Å². The second-order valence-electron chi connectivity index (χ2n) is 4.24. The summed E-state index contributed by atoms with van der Waals surface area (Å²) in [6.45, 7) is 0. The zero-order valence-electron chi connectivity index (χ0n) is 10.6. The largest absolute Gasteiger partial charge is 0.469 e. The number of hydrogen-bond donors (Lipinski definition) is 3. The monoisotopic (exact) mass is 271 g/mol. The normalized spacial score (nSPS) is 19.4. The lowest BCUT2D eigenvalue weighted by atomic mass is 10.1. The van der Waals surface area contributed by atoms with Gasteiger partial charge >= 0.3 is 5.97 Å². The molecule has 3 amide bonds. The molecule has 0 spiro atoms. The van der Waals surface area contributed by atoms with Gasteiger partial charge in [-0.3, -0.25) is 19.2 Å². The maximum atomic E-state index is 11.8. The Morgan fingerprint density at radius 2 is 2.21 bits per heavy atom. The highest BCUT2D eigenvalue weighted by Crippen LogP contribution is 2.07. The number of esters is 1. The average Bonchev–Trinajstić information content (AvgIpc) is 2.80. The molecule has 0 aromatic rings. The number of hydrogen-bond acceptors (Lipinski definition) is 5. The van der Waals surface area contributed by atoms with Gasteiger partial charge in [-0.05, 0) is 12.8 Å². The minimum atomic E-state index is -0.955. The SMILES string of the molecule is COC(=O)CC[C@H](NC(=O)[C@H]1CCC(=O)N1)C(N)=O. The minimum absolute atomic E-state index is 0.0264. The third-order valence-electron chi connectivity index (χ3n) is 2.84. The lowest BCUT2D eigenvalue weighted by Crippen LogP contribution is -2.50. The highest BCUT2D eigenvalue weighted by Gasteiger charge is 2.29. The van der Waals surface area contributed by atoms with Crippen molar-refractivity contribution in [1.82, 2.24) is 10.6 Å². The standard InChI is InChI=1S/C11H17N3O5/c1-19-9(16)5-3-6(10(12)17)14-11(18)7-2-4-8(15)13-7/h6-7H,2-5H2,1H3,(H2,12,17)(H,13,15)(H,14,18)/t6-,7+/m0/s1. The van der Waals surface area contributed by atoms with Crippen molar-refractivity contribution in [2.75, 3.05) is 7.11 Å². The smallest absolute Gasteiger partial charge is 0.305 e. The summed E-state index contributed by atoms with van der Waals surface area (Å²) in [5.74, 6) is -1.90. The minimum Gasteiger partial charge on any atom is -0.469 e. The molecule has 0 bridgehead atoms. The van der Waals surface area contributed by atoms with Gasteiger partial charge in [-0.25, -0.2) is 0 Å². The Balaban J connectivity index is 2.48. The number of ether oxygens (including phenoxy) is 1. The van der Waals surface area contributed by atoms with E-state index >= 15 is 0 Å². The molecule has 8 heteroatoms. The molecule has 2 atom stereocenters. The number of amides is 3. The van der Waals surface area contributed by atoms with Gasteiger partial charge in [0.25, 0.3) is 0 Å². The predicted molar refractivity (Wildman–Crippen MR) is 63.5 cm³/mol. The molecule has 8 nitrogen and oxygen atoms in total. The Morgan fingerprint density at radius 3 is 2.68 bits per heavy atom. The van der Waals surface area contributed by atoms with E-state index in [0.29, 0.717) is 6.42 Å². The van der Waals surface area contributed by atoms with Crippen LogP contribution < -0.4 is 16.4 Å². The van der Waals surface area contributed by atoms with Crippen molar-refractivity contribution in [1.29, 1.82) is 0 Å². The summed E-state index contributed by atoms with van der Waals surface area (Å²) in [6, 6.07) is -1.60. The van der Waals surface area contributed by atoms with Crippen molar-refractivity contribution in [2.24, 2.45) is 5.73 Å². The first kappa shape index (κ1) is 14.9. The van der Waals surface area contributed by atoms with E-state index in [9.17, 15) is 19.2 Å². The lowest BCUT2D eigenvalue weighted by molar-refractivity contribution is -0.141. The van der Waals surface area contributed by atoms with Crippen molar-refractivity contribution < 1.29 is 23.9 Å². The Hall–Kier alpha value is -2.12. The van der Waals surface area contributed by atoms with E-state index < -0.39 is 29.9 Å². The van der Waals surface area contributed by atoms with E-state index in [0.717, 1.165) is 0 Å². The number of rotatable bonds is 6. The maximum absolute atomic E-state index is 11.8. The second-order valence-corrected chi connectivity index (χ2v) is 4.24. The number of primary amides is 1. The van der Waals surface area contributed by atoms with E-state index in [1.54, 1.807) is 0 Å². The van der Waals surface area contributed by atoms with Crippen LogP contribution in [0.1, 0.15) is 25.7 Å². The van der Waals surface area contributed by atoms with Crippen molar-refractivity contribution in [2.45, 2.75) is 37.8 Å². The molecule has 1 saturated heterocycles. The highest BCUT2D eigenvalue weighted by molar-refractivity contribution is 5.93. The zero-order valence-corrected chi connectivity index (χ0v) is 10.6. The first-order valence-electron chi connectivity index (χ1n) is 5.90. The molecule has 106 valence electrons. The molecule has 19 heavy (non-hydrogen) atoms. The molecule has 0 aromatic carbocycles. The number of carbonyl (C=O) groups excluding carboxylic acids is 4. The fourth-order valence-corrected chi connectivity index (χ4v) is 1.73. The van der Waals surface area contributed by atoms with Gasteiger partial charge in [0.05, 0.1) is 7.11 Å². The molecule has 0 radical (unpaired) electrons. The van der Waals surface area contributed by atoms with Crippen LogP contribution in [-0.4, -0.2) is 42.9 Å². The maximum Gasteiger partial charge on any atom is 0.305 e. The predicted octanol–water partition coefficient (Wildman–Crippen LogP) is -1.81. The van der Waals surface area contributed by atoms with Crippen LogP contribution in [0.2, 0.25) is 0 Å². The highest BCUT2D eigenvalue weighted by atomic mass is 16.5. The summed E-state index contributed by atoms with van der Waals surface area (Å²) in [6.07, 6.45) is 0.699. The topological polar surface area (TPSA) is 128 Å². The molecular weight excluding hydrogens is 254 g/mol. The number of methoxy groups -OCH3 is 1. The fourth-order valence-electron chi connectivity index (χ4n) is 1.73. The second kappa shape index (κ2) is 6.72. The Morgan fingerprint density at radius 1 is 1.53 bits per heavy atom. The van der Waals surface area contributed by atoms with Crippen molar-refractivity contribution in [3.8, 4) is 0 Å². The van der Waals surface area contributed by atoms with E-state index in [2.05, 4.69) is 15.4 Å². The molecule has 4 N–H and O–H groups in total. The summed E-state index contributed by atoms with van der Waals surface area (Å²) < 4.78 is 4.44. The van der Waals surface area contributed by atoms with Crippen LogP contribution in [0.4, 0.5) is 0 Å². The van der Waals surface area contributed by atoms with Crippen LogP contribution in [0.3, 0.4) is 0 Å². The van der Waals surface area contributed by atoms with Crippen molar-refractivity contribution in [3.63, 3.8) is 0 Å². The number of carbonyl (C=O) groups is 4. The summed E-state index contributed by atoms with van der Waals surface area (Å²) in [4.78, 5) is 44.9. The van der Waals surface area contributed by atoms with Gasteiger partial charge < -0.3 is 21.1 Å². The summed E-state index contributed by atoms with van der Waals surface area (Å²) in [7, 11) is 1.23. The summed E-state index contributed by atoms with van der Waals surface area (Å²) in [5, 5.41) is 4.90. The van der Waals surface area contributed by atoms with Gasteiger partial charge in [-0.1, -0.05) is 0 Å². The van der Waals surface area contributed by atoms with Crippen molar-refractivity contribution >= 4 is 23.7 Å². The molecule has 1 fully saturated rings. The van der Waals surface area contributed by atoms with Crippen molar-refractivity contribution in [3.05, 3.63) is 0 Å². The summed E-state index contributed by atoms with van der Waals surface area (Å²) >= 11 is 0. The molecule has 0 unspecified atom stereocenters. The Kier molecular flexibility index (Phi) is 5.28. The van der Waals surface area contributed by atoms with Gasteiger partial charge in [-0.15, -0.1) is 0 Å². The molecule has 0 saturated carbocycles. The van der Waals surface area contributed by atoms with Crippen LogP contribution >= 0.6 is 0 Å². The third kappa shape index (κ3) is 4.57. The Bertz CT molecular complexity index is 396. The van der Waals surface area contributed by atoms with Crippen LogP contribution in [0, 0.1) is 0 Å². The van der Waals surface area contributed by atoms with Crippen LogP contribution in [0.25, 0.3) is 0 Å². The quantitative estimate of drug-likeness (QED) is 0.490.